The first-order valence-electron chi connectivity index (χ1n) is 11.7. The molecule has 0 saturated heterocycles. The number of nitrogens with zero attached hydrogens (tertiary/aromatic N) is 4. The van der Waals surface area contributed by atoms with Gasteiger partial charge in [-0.15, -0.1) is 0 Å². The molecular formula is C29H25Cl2N5. The van der Waals surface area contributed by atoms with Crippen LogP contribution < -0.4 is 5.32 Å². The Morgan fingerprint density at radius 3 is 1.97 bits per heavy atom. The standard InChI is InChI=1S/C29H25Cl2N5/c1-20-8-10-21(11-9-20)34-29-27(31)16-26(30)25-13-12-24(35-28(25)29)19-36(17-22-6-2-4-14-32-22)18-23-7-3-5-15-33-23/h2-16,34H,17-19H2,1H3. The van der Waals surface area contributed by atoms with Gasteiger partial charge in [0.25, 0.3) is 0 Å². The van der Waals surface area contributed by atoms with Crippen molar-refractivity contribution in [3.8, 4) is 0 Å². The Morgan fingerprint density at radius 2 is 1.36 bits per heavy atom. The fourth-order valence-electron chi connectivity index (χ4n) is 4.08. The van der Waals surface area contributed by atoms with Gasteiger partial charge in [-0.25, -0.2) is 4.98 Å². The molecule has 0 spiro atoms. The summed E-state index contributed by atoms with van der Waals surface area (Å²) in [5, 5.41) is 5.39. The lowest BCUT2D eigenvalue weighted by atomic mass is 10.1. The lowest BCUT2D eigenvalue weighted by Gasteiger charge is -2.22. The third kappa shape index (κ3) is 5.82. The first-order valence-corrected chi connectivity index (χ1v) is 12.4. The summed E-state index contributed by atoms with van der Waals surface area (Å²) < 4.78 is 0. The fraction of sp³-hybridized carbons (Fsp3) is 0.138. The largest absolute Gasteiger partial charge is 0.353 e. The highest BCUT2D eigenvalue weighted by Gasteiger charge is 2.15. The van der Waals surface area contributed by atoms with Crippen LogP contribution in [0.2, 0.25) is 10.0 Å². The molecule has 7 heteroatoms. The topological polar surface area (TPSA) is 53.9 Å². The molecule has 36 heavy (non-hydrogen) atoms. The van der Waals surface area contributed by atoms with E-state index in [1.54, 1.807) is 6.07 Å². The molecule has 3 heterocycles. The predicted octanol–water partition coefficient (Wildman–Crippen LogP) is 7.59. The van der Waals surface area contributed by atoms with Crippen LogP contribution in [0.4, 0.5) is 11.4 Å². The highest BCUT2D eigenvalue weighted by Crippen LogP contribution is 2.37. The number of hydrogen-bond acceptors (Lipinski definition) is 5. The molecule has 5 rings (SSSR count). The predicted molar refractivity (Wildman–Crippen MR) is 148 cm³/mol. The molecule has 0 saturated carbocycles. The smallest absolute Gasteiger partial charge is 0.0970 e. The fourth-order valence-corrected chi connectivity index (χ4v) is 4.65. The highest BCUT2D eigenvalue weighted by atomic mass is 35.5. The van der Waals surface area contributed by atoms with Crippen molar-refractivity contribution in [2.24, 2.45) is 0 Å². The summed E-state index contributed by atoms with van der Waals surface area (Å²) in [4.78, 5) is 16.3. The van der Waals surface area contributed by atoms with Crippen molar-refractivity contribution in [2.45, 2.75) is 26.6 Å². The number of halogens is 2. The number of fused-ring (bicyclic) bond motifs is 1. The molecule has 0 atom stereocenters. The number of pyridine rings is 3. The Balaban J connectivity index is 1.49. The number of rotatable bonds is 8. The van der Waals surface area contributed by atoms with E-state index >= 15 is 0 Å². The first-order chi connectivity index (χ1) is 17.5. The van der Waals surface area contributed by atoms with E-state index in [2.05, 4.69) is 39.2 Å². The zero-order valence-electron chi connectivity index (χ0n) is 19.8. The summed E-state index contributed by atoms with van der Waals surface area (Å²) in [7, 11) is 0. The number of benzene rings is 2. The lowest BCUT2D eigenvalue weighted by Crippen LogP contribution is -2.24. The van der Waals surface area contributed by atoms with E-state index in [1.807, 2.05) is 73.1 Å². The molecule has 5 aromatic rings. The van der Waals surface area contributed by atoms with Crippen LogP contribution in [0.1, 0.15) is 22.6 Å². The molecule has 2 aromatic carbocycles. The van der Waals surface area contributed by atoms with Gasteiger partial charge < -0.3 is 5.32 Å². The minimum Gasteiger partial charge on any atom is -0.353 e. The van der Waals surface area contributed by atoms with Gasteiger partial charge in [0.2, 0.25) is 0 Å². The molecule has 0 aliphatic carbocycles. The van der Waals surface area contributed by atoms with Crippen molar-refractivity contribution in [2.75, 3.05) is 5.32 Å². The van der Waals surface area contributed by atoms with Gasteiger partial charge in [0.15, 0.2) is 0 Å². The van der Waals surface area contributed by atoms with Crippen LogP contribution in [0.3, 0.4) is 0 Å². The molecule has 0 bridgehead atoms. The van der Waals surface area contributed by atoms with Crippen LogP contribution in [0.25, 0.3) is 10.9 Å². The van der Waals surface area contributed by atoms with Crippen LogP contribution in [0, 0.1) is 6.92 Å². The first kappa shape index (κ1) is 24.2. The minimum atomic E-state index is 0.525. The average Bonchev–Trinajstić information content (AvgIpc) is 2.89. The van der Waals surface area contributed by atoms with Crippen LogP contribution >= 0.6 is 23.2 Å². The zero-order chi connectivity index (χ0) is 24.9. The summed E-state index contributed by atoms with van der Waals surface area (Å²) in [6.07, 6.45) is 3.63. The van der Waals surface area contributed by atoms with E-state index in [0.29, 0.717) is 29.7 Å². The van der Waals surface area contributed by atoms with E-state index in [9.17, 15) is 0 Å². The number of nitrogens with one attached hydrogen (secondary N) is 1. The molecule has 0 aliphatic rings. The summed E-state index contributed by atoms with van der Waals surface area (Å²) in [6, 6.07) is 25.9. The monoisotopic (exact) mass is 513 g/mol. The van der Waals surface area contributed by atoms with E-state index < -0.39 is 0 Å². The van der Waals surface area contributed by atoms with Crippen molar-refractivity contribution >= 4 is 45.5 Å². The second-order valence-corrected chi connectivity index (χ2v) is 9.51. The Hall–Kier alpha value is -3.51. The number of hydrogen-bond donors (Lipinski definition) is 1. The molecule has 5 nitrogen and oxygen atoms in total. The maximum atomic E-state index is 6.65. The summed E-state index contributed by atoms with van der Waals surface area (Å²) in [5.74, 6) is 0. The summed E-state index contributed by atoms with van der Waals surface area (Å²) in [6.45, 7) is 4.00. The van der Waals surface area contributed by atoms with Crippen LogP contribution in [0.15, 0.2) is 91.3 Å². The van der Waals surface area contributed by atoms with Crippen LogP contribution in [-0.4, -0.2) is 19.9 Å². The molecule has 1 N–H and O–H groups in total. The second-order valence-electron chi connectivity index (χ2n) is 8.69. The van der Waals surface area contributed by atoms with Crippen molar-refractivity contribution < 1.29 is 0 Å². The third-order valence-corrected chi connectivity index (χ3v) is 6.48. The SMILES string of the molecule is Cc1ccc(Nc2c(Cl)cc(Cl)c3ccc(CN(Cc4ccccn4)Cc4ccccn4)nc23)cc1. The molecule has 0 fully saturated rings. The molecule has 0 unspecified atom stereocenters. The molecule has 0 aliphatic heterocycles. The van der Waals surface area contributed by atoms with Gasteiger partial charge in [0.05, 0.1) is 38.3 Å². The van der Waals surface area contributed by atoms with E-state index in [-0.39, 0.29) is 0 Å². The normalized spacial score (nSPS) is 11.2. The van der Waals surface area contributed by atoms with Crippen molar-refractivity contribution in [1.29, 1.82) is 0 Å². The molecule has 0 amide bonds. The number of aromatic nitrogens is 3. The molecular weight excluding hydrogens is 489 g/mol. The average molecular weight is 514 g/mol. The van der Waals surface area contributed by atoms with Gasteiger partial charge in [0, 0.05) is 43.1 Å². The summed E-state index contributed by atoms with van der Waals surface area (Å²) in [5.41, 5.74) is 6.48. The minimum absolute atomic E-state index is 0.525. The molecule has 0 radical (unpaired) electrons. The second kappa shape index (κ2) is 11.0. The maximum absolute atomic E-state index is 6.65. The van der Waals surface area contributed by atoms with Gasteiger partial charge in [-0.1, -0.05) is 53.0 Å². The Kier molecular flexibility index (Phi) is 7.42. The third-order valence-electron chi connectivity index (χ3n) is 5.87. The van der Waals surface area contributed by atoms with Gasteiger partial charge in [0.1, 0.15) is 0 Å². The zero-order valence-corrected chi connectivity index (χ0v) is 21.3. The number of anilines is 2. The molecule has 180 valence electrons. The maximum Gasteiger partial charge on any atom is 0.0970 e. The Labute approximate surface area is 220 Å². The van der Waals surface area contributed by atoms with Crippen molar-refractivity contribution in [3.63, 3.8) is 0 Å². The molecule has 3 aromatic heterocycles. The Bertz CT molecular complexity index is 1420. The number of aryl methyl sites for hydroxylation is 1. The van der Waals surface area contributed by atoms with Crippen LogP contribution in [-0.2, 0) is 19.6 Å². The Morgan fingerprint density at radius 1 is 0.722 bits per heavy atom. The van der Waals surface area contributed by atoms with Gasteiger partial charge in [-0.3, -0.25) is 14.9 Å². The lowest BCUT2D eigenvalue weighted by molar-refractivity contribution is 0.239. The highest BCUT2D eigenvalue weighted by molar-refractivity contribution is 6.40. The van der Waals surface area contributed by atoms with Crippen LogP contribution in [0.5, 0.6) is 0 Å². The summed E-state index contributed by atoms with van der Waals surface area (Å²) >= 11 is 13.2. The van der Waals surface area contributed by atoms with E-state index in [4.69, 9.17) is 28.2 Å². The van der Waals surface area contributed by atoms with E-state index in [0.717, 1.165) is 39.4 Å². The van der Waals surface area contributed by atoms with Crippen molar-refractivity contribution in [3.05, 3.63) is 124 Å². The van der Waals surface area contributed by atoms with Gasteiger partial charge in [-0.2, -0.15) is 0 Å². The van der Waals surface area contributed by atoms with E-state index in [1.165, 1.54) is 5.56 Å². The van der Waals surface area contributed by atoms with Gasteiger partial charge >= 0.3 is 0 Å². The quantitative estimate of drug-likeness (QED) is 0.231. The van der Waals surface area contributed by atoms with Crippen molar-refractivity contribution in [1.82, 2.24) is 19.9 Å². The van der Waals surface area contributed by atoms with Gasteiger partial charge in [-0.05, 0) is 61.5 Å².